The number of likely N-dealkylation sites (N-methyl/N-ethyl adjacent to an activating group) is 1. The summed E-state index contributed by atoms with van der Waals surface area (Å²) in [7, 11) is -0.571. The van der Waals surface area contributed by atoms with Crippen molar-refractivity contribution in [2.24, 2.45) is 0 Å². The van der Waals surface area contributed by atoms with Gasteiger partial charge in [0.1, 0.15) is 5.97 Å². The number of carboxylic acid groups (broad SMARTS) is 1. The normalized spacial score (nSPS) is 14.1. The molecule has 1 heterocycles. The van der Waals surface area contributed by atoms with E-state index in [1.54, 1.807) is 19.2 Å². The van der Waals surface area contributed by atoms with Crippen LogP contribution in [0.1, 0.15) is 25.5 Å². The summed E-state index contributed by atoms with van der Waals surface area (Å²) < 4.78 is 31.2. The lowest BCUT2D eigenvalue weighted by Crippen LogP contribution is -2.69. The number of quaternary nitrogens is 1. The van der Waals surface area contributed by atoms with Crippen LogP contribution in [0.2, 0.25) is 0 Å². The summed E-state index contributed by atoms with van der Waals surface area (Å²) in [6, 6.07) is 5.73. The van der Waals surface area contributed by atoms with Crippen molar-refractivity contribution in [3.05, 3.63) is 36.7 Å². The topological polar surface area (TPSA) is 107 Å². The van der Waals surface area contributed by atoms with Gasteiger partial charge in [0, 0.05) is 12.6 Å². The van der Waals surface area contributed by atoms with Gasteiger partial charge in [0.05, 0.1) is 26.8 Å². The highest BCUT2D eigenvalue weighted by atomic mass is 32.2. The monoisotopic (exact) mass is 344 g/mol. The van der Waals surface area contributed by atoms with Crippen molar-refractivity contribution in [2.75, 3.05) is 21.1 Å². The highest BCUT2D eigenvalue weighted by Crippen LogP contribution is 2.29. The van der Waals surface area contributed by atoms with Gasteiger partial charge >= 0.3 is 10.1 Å². The Bertz CT molecular complexity index is 623. The van der Waals surface area contributed by atoms with Gasteiger partial charge in [0.25, 0.3) is 4.87 Å². The Labute approximate surface area is 137 Å². The number of hydrogen-bond acceptors (Lipinski definition) is 5. The molecular weight excluding hydrogens is 320 g/mol. The van der Waals surface area contributed by atoms with Crippen LogP contribution in [-0.2, 0) is 14.9 Å². The fourth-order valence-corrected chi connectivity index (χ4v) is 3.49. The van der Waals surface area contributed by atoms with Gasteiger partial charge in [-0.1, -0.05) is 19.6 Å². The zero-order valence-electron chi connectivity index (χ0n) is 13.9. The van der Waals surface area contributed by atoms with E-state index in [4.69, 9.17) is 4.55 Å². The third kappa shape index (κ3) is 5.12. The van der Waals surface area contributed by atoms with Crippen molar-refractivity contribution in [1.29, 1.82) is 0 Å². The molecule has 130 valence electrons. The molecule has 0 aliphatic rings. The Morgan fingerprint density at radius 1 is 1.43 bits per heavy atom. The number of pyridine rings is 1. The van der Waals surface area contributed by atoms with Crippen LogP contribution in [0.4, 0.5) is 0 Å². The van der Waals surface area contributed by atoms with Gasteiger partial charge < -0.3 is 14.4 Å². The number of rotatable bonds is 6. The molecule has 0 saturated heterocycles. The van der Waals surface area contributed by atoms with Crippen LogP contribution in [0.15, 0.2) is 31.0 Å². The molecule has 1 aromatic rings. The zero-order chi connectivity index (χ0) is 18.3. The van der Waals surface area contributed by atoms with Crippen LogP contribution in [0.5, 0.6) is 0 Å². The molecule has 1 unspecified atom stereocenters. The lowest BCUT2D eigenvalue weighted by molar-refractivity contribution is -0.901. The van der Waals surface area contributed by atoms with Crippen LogP contribution in [0.3, 0.4) is 0 Å². The number of carbonyl (C=O) groups is 1. The second-order valence-electron chi connectivity index (χ2n) is 5.77. The summed E-state index contributed by atoms with van der Waals surface area (Å²) in [4.78, 5) is 12.7. The van der Waals surface area contributed by atoms with Gasteiger partial charge in [0.2, 0.25) is 0 Å². The standard InChI is InChI=1S/C8H17NO5S.C7H7N/c1-5-6-8(7(10)11,9(2,3)4)15(12,13)14;1-2-7-5-3-4-6-8-7/h5-6H2,1-4H3,(H-,10,11,12,13,14);2-6H,1H2. The number of aliphatic carboxylic acids is 1. The average Bonchev–Trinajstić information content (AvgIpc) is 2.43. The minimum Gasteiger partial charge on any atom is -0.543 e. The summed E-state index contributed by atoms with van der Waals surface area (Å²) in [6.45, 7) is 5.21. The fraction of sp³-hybridized carbons (Fsp3) is 0.467. The first kappa shape index (κ1) is 21.2. The SMILES string of the molecule is C=Cc1ccccn1.CCCC(C(=O)[O-])([N+](C)(C)C)S(=O)(=O)O. The van der Waals surface area contributed by atoms with E-state index in [1.807, 2.05) is 18.2 Å². The van der Waals surface area contributed by atoms with Gasteiger partial charge in [-0.25, -0.2) is 0 Å². The molecule has 23 heavy (non-hydrogen) atoms. The maximum atomic E-state index is 11.3. The largest absolute Gasteiger partial charge is 0.543 e. The first-order valence-corrected chi connectivity index (χ1v) is 8.41. The minimum atomic E-state index is -4.74. The second-order valence-corrected chi connectivity index (χ2v) is 7.39. The van der Waals surface area contributed by atoms with Gasteiger partial charge in [-0.05, 0) is 24.6 Å². The molecule has 0 amide bonds. The van der Waals surface area contributed by atoms with Crippen molar-refractivity contribution in [3.63, 3.8) is 0 Å². The van der Waals surface area contributed by atoms with E-state index < -0.39 is 25.4 Å². The fourth-order valence-electron chi connectivity index (χ4n) is 2.13. The van der Waals surface area contributed by atoms with Gasteiger partial charge in [0.15, 0.2) is 0 Å². The molecule has 0 radical (unpaired) electrons. The van der Waals surface area contributed by atoms with Crippen molar-refractivity contribution >= 4 is 22.2 Å². The summed E-state index contributed by atoms with van der Waals surface area (Å²) >= 11 is 0. The Kier molecular flexibility index (Phi) is 7.56. The molecule has 0 fully saturated rings. The number of carboxylic acids is 1. The summed E-state index contributed by atoms with van der Waals surface area (Å²) in [5.41, 5.74) is 0.924. The maximum Gasteiger partial charge on any atom is 0.328 e. The molecule has 1 N–H and O–H groups in total. The van der Waals surface area contributed by atoms with Gasteiger partial charge in [-0.2, -0.15) is 8.42 Å². The van der Waals surface area contributed by atoms with E-state index in [0.717, 1.165) is 5.69 Å². The molecule has 7 nitrogen and oxygen atoms in total. The quantitative estimate of drug-likeness (QED) is 0.596. The Balaban J connectivity index is 0.000000502. The summed E-state index contributed by atoms with van der Waals surface area (Å²) in [5, 5.41) is 11.0. The van der Waals surface area contributed by atoms with E-state index in [0.29, 0.717) is 6.42 Å². The number of nitrogens with zero attached hydrogens (tertiary/aromatic N) is 2. The molecule has 8 heteroatoms. The third-order valence-electron chi connectivity index (χ3n) is 3.32. The summed E-state index contributed by atoms with van der Waals surface area (Å²) in [6.07, 6.45) is 3.58. The molecule has 0 aromatic carbocycles. The van der Waals surface area contributed by atoms with Crippen LogP contribution >= 0.6 is 0 Å². The van der Waals surface area contributed by atoms with Crippen LogP contribution in [0.25, 0.3) is 6.08 Å². The molecule has 0 aliphatic heterocycles. The molecular formula is C15H24N2O5S. The first-order valence-electron chi connectivity index (χ1n) is 6.97. The molecule has 0 aliphatic carbocycles. The van der Waals surface area contributed by atoms with E-state index in [-0.39, 0.29) is 6.42 Å². The van der Waals surface area contributed by atoms with Gasteiger partial charge in [-0.3, -0.25) is 9.54 Å². The predicted molar refractivity (Wildman–Crippen MR) is 86.6 cm³/mol. The molecule has 1 aromatic heterocycles. The molecule has 1 atom stereocenters. The maximum absolute atomic E-state index is 11.3. The van der Waals surface area contributed by atoms with Crippen molar-refractivity contribution < 1.29 is 27.4 Å². The van der Waals surface area contributed by atoms with E-state index in [2.05, 4.69) is 11.6 Å². The number of aromatic nitrogens is 1. The lowest BCUT2D eigenvalue weighted by atomic mass is 10.1. The van der Waals surface area contributed by atoms with Crippen molar-refractivity contribution in [2.45, 2.75) is 24.6 Å². The molecule has 0 saturated carbocycles. The number of carbonyl (C=O) groups excluding carboxylic acids is 1. The molecule has 0 spiro atoms. The first-order chi connectivity index (χ1) is 10.4. The Morgan fingerprint density at radius 2 is 2.00 bits per heavy atom. The smallest absolute Gasteiger partial charge is 0.328 e. The predicted octanol–water partition coefficient (Wildman–Crippen LogP) is 0.551. The highest BCUT2D eigenvalue weighted by Gasteiger charge is 2.55. The molecule has 1 rings (SSSR count). The lowest BCUT2D eigenvalue weighted by Gasteiger charge is -2.43. The average molecular weight is 344 g/mol. The van der Waals surface area contributed by atoms with Crippen LogP contribution in [-0.4, -0.2) is 54.4 Å². The highest BCUT2D eigenvalue weighted by molar-refractivity contribution is 7.87. The van der Waals surface area contributed by atoms with Crippen molar-refractivity contribution in [1.82, 2.24) is 4.98 Å². The Morgan fingerprint density at radius 3 is 2.17 bits per heavy atom. The molecule has 0 bridgehead atoms. The van der Waals surface area contributed by atoms with E-state index in [9.17, 15) is 18.3 Å². The van der Waals surface area contributed by atoms with Crippen molar-refractivity contribution in [3.8, 4) is 0 Å². The van der Waals surface area contributed by atoms with E-state index >= 15 is 0 Å². The number of hydrogen-bond donors (Lipinski definition) is 1. The van der Waals surface area contributed by atoms with Crippen LogP contribution in [0, 0.1) is 0 Å². The minimum absolute atomic E-state index is 0.197. The van der Waals surface area contributed by atoms with Crippen LogP contribution < -0.4 is 5.11 Å². The second kappa shape index (κ2) is 8.19. The van der Waals surface area contributed by atoms with Gasteiger partial charge in [-0.15, -0.1) is 0 Å². The third-order valence-corrected chi connectivity index (χ3v) is 5.09. The Hall–Kier alpha value is -1.77. The zero-order valence-corrected chi connectivity index (χ0v) is 14.7. The van der Waals surface area contributed by atoms with E-state index in [1.165, 1.54) is 21.1 Å². The summed E-state index contributed by atoms with van der Waals surface area (Å²) in [5.74, 6) is -1.78.